The van der Waals surface area contributed by atoms with Crippen molar-refractivity contribution in [3.8, 4) is 0 Å². The molecule has 0 unspecified atom stereocenters. The van der Waals surface area contributed by atoms with E-state index >= 15 is 0 Å². The summed E-state index contributed by atoms with van der Waals surface area (Å²) in [6.45, 7) is 8.45. The summed E-state index contributed by atoms with van der Waals surface area (Å²) in [7, 11) is 1.34. The van der Waals surface area contributed by atoms with Gasteiger partial charge in [0.05, 0.1) is 7.11 Å². The lowest BCUT2D eigenvalue weighted by atomic mass is 10.8. The van der Waals surface area contributed by atoms with E-state index in [1.807, 2.05) is 6.92 Å². The van der Waals surface area contributed by atoms with Crippen LogP contribution in [0, 0.1) is 0 Å². The maximum Gasteiger partial charge on any atom is 0.406 e. The topological polar surface area (TPSA) is 38.3 Å². The Morgan fingerprint density at radius 2 is 2.11 bits per heavy atom. The van der Waals surface area contributed by atoms with Crippen LogP contribution < -0.4 is 5.32 Å². The molecule has 0 aliphatic carbocycles. The minimum Gasteiger partial charge on any atom is -0.453 e. The molecule has 0 aliphatic heterocycles. The third-order valence-electron chi connectivity index (χ3n) is 0.507. The van der Waals surface area contributed by atoms with Crippen LogP contribution in [0.15, 0.2) is 13.2 Å². The molecule has 0 bridgehead atoms. The van der Waals surface area contributed by atoms with Crippen LogP contribution in [-0.4, -0.2) is 19.7 Å². The van der Waals surface area contributed by atoms with Gasteiger partial charge in [0.1, 0.15) is 0 Å². The second-order valence-electron chi connectivity index (χ2n) is 1.02. The molecule has 3 heteroatoms. The summed E-state index contributed by atoms with van der Waals surface area (Å²) in [5.74, 6) is 0. The van der Waals surface area contributed by atoms with Crippen molar-refractivity contribution in [2.45, 2.75) is 6.92 Å². The van der Waals surface area contributed by atoms with Crippen molar-refractivity contribution in [3.05, 3.63) is 13.2 Å². The fourth-order valence-electron chi connectivity index (χ4n) is 0.217. The number of carbonyl (C=O) groups excluding carboxylic acids is 1. The van der Waals surface area contributed by atoms with E-state index in [4.69, 9.17) is 0 Å². The highest BCUT2D eigenvalue weighted by atomic mass is 16.5. The molecule has 0 aliphatic rings. The van der Waals surface area contributed by atoms with Gasteiger partial charge >= 0.3 is 6.09 Å². The van der Waals surface area contributed by atoms with Crippen molar-refractivity contribution in [1.29, 1.82) is 0 Å². The molecular formula is C6H13NO2. The van der Waals surface area contributed by atoms with E-state index < -0.39 is 0 Å². The molecule has 9 heavy (non-hydrogen) atoms. The van der Waals surface area contributed by atoms with E-state index in [-0.39, 0.29) is 6.09 Å². The van der Waals surface area contributed by atoms with Crippen LogP contribution >= 0.6 is 0 Å². The minimum absolute atomic E-state index is 0.373. The Balaban J connectivity index is 0. The van der Waals surface area contributed by atoms with E-state index in [9.17, 15) is 4.79 Å². The molecule has 0 saturated carbocycles. The third-order valence-corrected chi connectivity index (χ3v) is 0.507. The summed E-state index contributed by atoms with van der Waals surface area (Å²) in [6.07, 6.45) is -0.373. The lowest BCUT2D eigenvalue weighted by Gasteiger charge is -1.95. The molecule has 1 amide bonds. The number of rotatable bonds is 1. The third kappa shape index (κ3) is 10.9. The van der Waals surface area contributed by atoms with Crippen molar-refractivity contribution in [1.82, 2.24) is 5.32 Å². The molecule has 0 rings (SSSR count). The molecule has 0 radical (unpaired) electrons. The van der Waals surface area contributed by atoms with Crippen LogP contribution in [0.25, 0.3) is 0 Å². The van der Waals surface area contributed by atoms with Gasteiger partial charge < -0.3 is 10.1 Å². The summed E-state index contributed by atoms with van der Waals surface area (Å²) < 4.78 is 4.24. The number of hydrogen-bond acceptors (Lipinski definition) is 2. The van der Waals surface area contributed by atoms with E-state index in [1.165, 1.54) is 7.11 Å². The number of alkyl carbamates (subject to hydrolysis) is 1. The van der Waals surface area contributed by atoms with Crippen LogP contribution in [0.3, 0.4) is 0 Å². The zero-order valence-corrected chi connectivity index (χ0v) is 5.94. The fraction of sp³-hybridized carbons (Fsp3) is 0.500. The van der Waals surface area contributed by atoms with Crippen LogP contribution in [0.5, 0.6) is 0 Å². The molecule has 54 valence electrons. The monoisotopic (exact) mass is 131 g/mol. The zero-order chi connectivity index (χ0) is 7.70. The first-order valence-corrected chi connectivity index (χ1v) is 2.63. The van der Waals surface area contributed by atoms with Crippen LogP contribution in [0.1, 0.15) is 6.92 Å². The highest BCUT2D eigenvalue weighted by Crippen LogP contribution is 1.66. The average molecular weight is 131 g/mol. The molecule has 0 saturated heterocycles. The molecule has 0 aromatic heterocycles. The quantitative estimate of drug-likeness (QED) is 0.542. The zero-order valence-electron chi connectivity index (χ0n) is 5.94. The van der Waals surface area contributed by atoms with Gasteiger partial charge in [-0.25, -0.2) is 4.79 Å². The first-order valence-electron chi connectivity index (χ1n) is 2.63. The first kappa shape index (κ1) is 10.9. The highest BCUT2D eigenvalue weighted by Gasteiger charge is 1.89. The van der Waals surface area contributed by atoms with Gasteiger partial charge in [0.15, 0.2) is 0 Å². The molecule has 3 nitrogen and oxygen atoms in total. The van der Waals surface area contributed by atoms with Gasteiger partial charge in [0.25, 0.3) is 0 Å². The highest BCUT2D eigenvalue weighted by molar-refractivity contribution is 5.66. The second-order valence-corrected chi connectivity index (χ2v) is 1.02. The predicted octanol–water partition coefficient (Wildman–Crippen LogP) is 1.16. The van der Waals surface area contributed by atoms with E-state index in [1.54, 1.807) is 0 Å². The maximum absolute atomic E-state index is 10.1. The van der Waals surface area contributed by atoms with Crippen molar-refractivity contribution in [3.63, 3.8) is 0 Å². The number of methoxy groups -OCH3 is 1. The number of amides is 1. The smallest absolute Gasteiger partial charge is 0.406 e. The molecule has 0 aromatic rings. The summed E-state index contributed by atoms with van der Waals surface area (Å²) in [6, 6.07) is 0. The lowest BCUT2D eigenvalue weighted by Crippen LogP contribution is -2.21. The van der Waals surface area contributed by atoms with Crippen LogP contribution in [0.2, 0.25) is 0 Å². The summed E-state index contributed by atoms with van der Waals surface area (Å²) >= 11 is 0. The van der Waals surface area contributed by atoms with Gasteiger partial charge in [-0.3, -0.25) is 0 Å². The van der Waals surface area contributed by atoms with Gasteiger partial charge in [0.2, 0.25) is 0 Å². The molecule has 1 N–H and O–H groups in total. The number of hydrogen-bond donors (Lipinski definition) is 1. The van der Waals surface area contributed by atoms with Crippen molar-refractivity contribution in [2.24, 2.45) is 0 Å². The molecule has 0 fully saturated rings. The normalized spacial score (nSPS) is 6.44. The first-order chi connectivity index (χ1) is 4.31. The van der Waals surface area contributed by atoms with E-state index in [0.29, 0.717) is 6.54 Å². The van der Waals surface area contributed by atoms with Gasteiger partial charge in [-0.1, -0.05) is 0 Å². The van der Waals surface area contributed by atoms with Crippen LogP contribution in [-0.2, 0) is 4.74 Å². The van der Waals surface area contributed by atoms with Gasteiger partial charge in [-0.2, -0.15) is 0 Å². The number of ether oxygens (including phenoxy) is 1. The molecule has 0 spiro atoms. The Hall–Kier alpha value is -0.990. The van der Waals surface area contributed by atoms with Gasteiger partial charge in [0, 0.05) is 6.54 Å². The fourth-order valence-corrected chi connectivity index (χ4v) is 0.217. The Morgan fingerprint density at radius 1 is 1.67 bits per heavy atom. The van der Waals surface area contributed by atoms with Crippen LogP contribution in [0.4, 0.5) is 4.79 Å². The summed E-state index contributed by atoms with van der Waals surface area (Å²) in [5, 5.41) is 2.43. The maximum atomic E-state index is 10.1. The van der Waals surface area contributed by atoms with Gasteiger partial charge in [-0.15, -0.1) is 13.2 Å². The standard InChI is InChI=1S/C4H9NO2.C2H4/c1-3-5-4(6)7-2;1-2/h3H2,1-2H3,(H,5,6);1-2H2. The molecular weight excluding hydrogens is 118 g/mol. The number of nitrogens with one attached hydrogen (secondary N) is 1. The molecule has 0 heterocycles. The lowest BCUT2D eigenvalue weighted by molar-refractivity contribution is 0.171. The Morgan fingerprint density at radius 3 is 2.22 bits per heavy atom. The Labute approximate surface area is 55.7 Å². The largest absolute Gasteiger partial charge is 0.453 e. The van der Waals surface area contributed by atoms with Gasteiger partial charge in [-0.05, 0) is 6.92 Å². The van der Waals surface area contributed by atoms with Crippen molar-refractivity contribution >= 4 is 6.09 Å². The minimum atomic E-state index is -0.373. The predicted molar refractivity (Wildman–Crippen MR) is 37.3 cm³/mol. The Bertz CT molecular complexity index is 73.5. The van der Waals surface area contributed by atoms with E-state index in [0.717, 1.165) is 0 Å². The molecule has 0 atom stereocenters. The SMILES string of the molecule is C=C.CCNC(=O)OC. The summed E-state index contributed by atoms with van der Waals surface area (Å²) in [5.41, 5.74) is 0. The summed E-state index contributed by atoms with van der Waals surface area (Å²) in [4.78, 5) is 10.1. The second kappa shape index (κ2) is 10.1. The Kier molecular flexibility index (Phi) is 12.2. The van der Waals surface area contributed by atoms with Crippen molar-refractivity contribution < 1.29 is 9.53 Å². The number of carbonyl (C=O) groups is 1. The van der Waals surface area contributed by atoms with Crippen molar-refractivity contribution in [2.75, 3.05) is 13.7 Å². The average Bonchev–Trinajstić information content (AvgIpc) is 1.93. The molecule has 0 aromatic carbocycles. The van der Waals surface area contributed by atoms with E-state index in [2.05, 4.69) is 23.2 Å².